The molecule has 1 aliphatic carbocycles. The number of nitrogens with zero attached hydrogens (tertiary/aromatic N) is 3. The maximum atomic E-state index is 13.4. The number of rotatable bonds is 8. The van der Waals surface area contributed by atoms with E-state index in [1.54, 1.807) is 27.1 Å². The molecule has 1 unspecified atom stereocenters. The lowest BCUT2D eigenvalue weighted by atomic mass is 9.95. The van der Waals surface area contributed by atoms with Crippen molar-refractivity contribution in [3.8, 4) is 28.3 Å². The number of amides is 4. The van der Waals surface area contributed by atoms with E-state index < -0.39 is 18.2 Å². The monoisotopic (exact) mass is 658 g/mol. The molecule has 2 aliphatic heterocycles. The van der Waals surface area contributed by atoms with Crippen molar-refractivity contribution in [3.05, 3.63) is 75.4 Å². The zero-order chi connectivity index (χ0) is 33.6. The molecule has 1 fully saturated rings. The molecule has 3 heterocycles. The first-order valence-corrected chi connectivity index (χ1v) is 16.1. The number of anilines is 1. The zero-order valence-electron chi connectivity index (χ0n) is 27.1. The van der Waals surface area contributed by atoms with Crippen LogP contribution in [0.25, 0.3) is 22.4 Å². The van der Waals surface area contributed by atoms with Crippen LogP contribution in [-0.4, -0.2) is 77.8 Å². The summed E-state index contributed by atoms with van der Waals surface area (Å²) in [5.74, 6) is 0.152. The number of aliphatic hydroxyl groups excluding tert-OH is 1. The van der Waals surface area contributed by atoms with E-state index in [2.05, 4.69) is 22.0 Å². The molecule has 11 nitrogen and oxygen atoms in total. The number of hydrogen-bond donors (Lipinski definition) is 4. The minimum Gasteiger partial charge on any atom is -0.481 e. The molecule has 47 heavy (non-hydrogen) atoms. The van der Waals surface area contributed by atoms with Crippen molar-refractivity contribution in [3.63, 3.8) is 0 Å². The zero-order valence-corrected chi connectivity index (χ0v) is 27.9. The highest BCUT2D eigenvalue weighted by molar-refractivity contribution is 6.36. The number of aliphatic hydroxyl groups is 1. The van der Waals surface area contributed by atoms with Crippen molar-refractivity contribution in [2.24, 2.45) is 0 Å². The molecule has 3 aliphatic rings. The van der Waals surface area contributed by atoms with Crippen LogP contribution >= 0.6 is 11.6 Å². The van der Waals surface area contributed by atoms with Gasteiger partial charge in [0.1, 0.15) is 0 Å². The van der Waals surface area contributed by atoms with Gasteiger partial charge in [0.25, 0.3) is 5.91 Å². The van der Waals surface area contributed by atoms with Gasteiger partial charge in [-0.1, -0.05) is 41.9 Å². The molecular weight excluding hydrogens is 620 g/mol. The van der Waals surface area contributed by atoms with E-state index in [-0.39, 0.29) is 23.6 Å². The molecule has 6 rings (SSSR count). The third-order valence-electron chi connectivity index (χ3n) is 9.55. The number of halogens is 1. The highest BCUT2D eigenvalue weighted by Gasteiger charge is 2.36. The van der Waals surface area contributed by atoms with Crippen molar-refractivity contribution in [2.45, 2.75) is 57.8 Å². The molecular formula is C35H39ClN6O5. The molecule has 0 saturated carbocycles. The summed E-state index contributed by atoms with van der Waals surface area (Å²) in [5.41, 5.74) is 7.06. The largest absolute Gasteiger partial charge is 0.481 e. The fraction of sp³-hybridized carbons (Fsp3) is 0.371. The van der Waals surface area contributed by atoms with E-state index in [0.29, 0.717) is 40.9 Å². The number of benzene rings is 2. The molecule has 1 aromatic heterocycles. The Morgan fingerprint density at radius 2 is 1.81 bits per heavy atom. The predicted octanol–water partition coefficient (Wildman–Crippen LogP) is 4.77. The molecule has 246 valence electrons. The van der Waals surface area contributed by atoms with Crippen LogP contribution < -0.4 is 20.7 Å². The van der Waals surface area contributed by atoms with Gasteiger partial charge in [-0.25, -0.2) is 9.78 Å². The first kappa shape index (κ1) is 32.5. The van der Waals surface area contributed by atoms with Crippen LogP contribution in [0.4, 0.5) is 10.5 Å². The standard InChI is InChI=1S/C35H39ClN6O5/c1-18-22(8-7-11-25(18)39-32(44)29-19(2)41(3)35(46)42(4)34(29)45)23-9-6-10-24(31(23)36)27-16-20-12-14-26(30(20)33(40-27)47-5)37-17-21-13-15-28(43)38-21/h6-11,16,21,26,34,37,45H,12-15,17H2,1-5H3,(H,38,43)(H,39,44)/t21-,26-,34?/m0/s1. The van der Waals surface area contributed by atoms with E-state index in [9.17, 15) is 19.5 Å². The Morgan fingerprint density at radius 1 is 1.09 bits per heavy atom. The van der Waals surface area contributed by atoms with Gasteiger partial charge in [0.15, 0.2) is 6.23 Å². The number of methoxy groups -OCH3 is 1. The summed E-state index contributed by atoms with van der Waals surface area (Å²) in [6, 6.07) is 13.2. The topological polar surface area (TPSA) is 136 Å². The lowest BCUT2D eigenvalue weighted by Crippen LogP contribution is -2.51. The van der Waals surface area contributed by atoms with Gasteiger partial charge >= 0.3 is 6.03 Å². The van der Waals surface area contributed by atoms with Crippen molar-refractivity contribution >= 4 is 35.1 Å². The van der Waals surface area contributed by atoms with Crippen LogP contribution in [0.2, 0.25) is 5.02 Å². The number of carbonyl (C=O) groups is 3. The SMILES string of the molecule is COc1nc(-c2cccc(-c3cccc(NC(=O)C4=C(C)N(C)C(=O)N(C)C4O)c3C)c2Cl)cc2c1[C@@H](NC[C@@H]1CCC(=O)N1)CC2. The Morgan fingerprint density at radius 3 is 2.53 bits per heavy atom. The number of carbonyl (C=O) groups excluding carboxylic acids is 3. The fourth-order valence-corrected chi connectivity index (χ4v) is 7.06. The summed E-state index contributed by atoms with van der Waals surface area (Å²) in [5, 5.41) is 20.8. The summed E-state index contributed by atoms with van der Waals surface area (Å²) >= 11 is 7.12. The fourth-order valence-electron chi connectivity index (χ4n) is 6.74. The second-order valence-corrected chi connectivity index (χ2v) is 12.7. The molecule has 0 bridgehead atoms. The summed E-state index contributed by atoms with van der Waals surface area (Å²) < 4.78 is 5.80. The van der Waals surface area contributed by atoms with Gasteiger partial charge in [-0.05, 0) is 61.9 Å². The number of ether oxygens (including phenoxy) is 1. The van der Waals surface area contributed by atoms with Crippen LogP contribution in [0.1, 0.15) is 48.9 Å². The van der Waals surface area contributed by atoms with Gasteiger partial charge in [0.2, 0.25) is 11.8 Å². The molecule has 1 saturated heterocycles. The van der Waals surface area contributed by atoms with Crippen molar-refractivity contribution in [1.82, 2.24) is 25.4 Å². The van der Waals surface area contributed by atoms with E-state index in [1.165, 1.54) is 11.9 Å². The Bertz CT molecular complexity index is 1810. The summed E-state index contributed by atoms with van der Waals surface area (Å²) in [7, 11) is 4.63. The minimum absolute atomic E-state index is 0.0805. The number of hydrogen-bond acceptors (Lipinski definition) is 7. The number of allylic oxidation sites excluding steroid dienone is 1. The Kier molecular flexibility index (Phi) is 8.97. The first-order valence-electron chi connectivity index (χ1n) is 15.7. The molecule has 0 spiro atoms. The summed E-state index contributed by atoms with van der Waals surface area (Å²) in [6.45, 7) is 4.22. The van der Waals surface area contributed by atoms with Crippen molar-refractivity contribution in [2.75, 3.05) is 33.1 Å². The summed E-state index contributed by atoms with van der Waals surface area (Å²) in [6.07, 6.45) is 1.80. The quantitative estimate of drug-likeness (QED) is 0.274. The van der Waals surface area contributed by atoms with Crippen LogP contribution in [0, 0.1) is 6.92 Å². The highest BCUT2D eigenvalue weighted by atomic mass is 35.5. The third kappa shape index (κ3) is 5.95. The number of likely N-dealkylation sites (N-methyl/N-ethyl adjacent to an activating group) is 1. The number of aromatic nitrogens is 1. The van der Waals surface area contributed by atoms with Crippen LogP contribution in [-0.2, 0) is 16.0 Å². The first-order chi connectivity index (χ1) is 22.5. The van der Waals surface area contributed by atoms with E-state index >= 15 is 0 Å². The Balaban J connectivity index is 1.28. The van der Waals surface area contributed by atoms with Crippen LogP contribution in [0.5, 0.6) is 5.88 Å². The molecule has 12 heteroatoms. The van der Waals surface area contributed by atoms with E-state index in [0.717, 1.165) is 57.5 Å². The van der Waals surface area contributed by atoms with E-state index in [4.69, 9.17) is 21.3 Å². The van der Waals surface area contributed by atoms with Gasteiger partial charge in [-0.15, -0.1) is 0 Å². The van der Waals surface area contributed by atoms with Gasteiger partial charge in [0.05, 0.1) is 23.4 Å². The Hall–Kier alpha value is -4.45. The third-order valence-corrected chi connectivity index (χ3v) is 9.95. The summed E-state index contributed by atoms with van der Waals surface area (Å²) in [4.78, 5) is 44.8. The van der Waals surface area contributed by atoms with Crippen LogP contribution in [0.3, 0.4) is 0 Å². The smallest absolute Gasteiger partial charge is 0.326 e. The molecule has 3 atom stereocenters. The average Bonchev–Trinajstić information content (AvgIpc) is 3.68. The van der Waals surface area contributed by atoms with Crippen LogP contribution in [0.15, 0.2) is 53.7 Å². The number of pyridine rings is 1. The van der Waals surface area contributed by atoms with Gasteiger partial charge in [-0.2, -0.15) is 0 Å². The number of aryl methyl sites for hydroxylation is 1. The maximum Gasteiger partial charge on any atom is 0.326 e. The lowest BCUT2D eigenvalue weighted by Gasteiger charge is -2.36. The van der Waals surface area contributed by atoms with Crippen molar-refractivity contribution < 1.29 is 24.2 Å². The lowest BCUT2D eigenvalue weighted by molar-refractivity contribution is -0.119. The number of fused-ring (bicyclic) bond motifs is 1. The highest BCUT2D eigenvalue weighted by Crippen LogP contribution is 2.43. The van der Waals surface area contributed by atoms with Gasteiger partial charge in [-0.3, -0.25) is 14.5 Å². The Labute approximate surface area is 278 Å². The number of nitrogens with one attached hydrogen (secondary N) is 3. The maximum absolute atomic E-state index is 13.4. The normalized spacial score (nSPS) is 20.9. The minimum atomic E-state index is -1.37. The molecule has 4 N–H and O–H groups in total. The molecule has 0 radical (unpaired) electrons. The van der Waals surface area contributed by atoms with E-state index in [1.807, 2.05) is 37.3 Å². The second kappa shape index (κ2) is 13.0. The second-order valence-electron chi connectivity index (χ2n) is 12.3. The van der Waals surface area contributed by atoms with Crippen molar-refractivity contribution in [1.29, 1.82) is 0 Å². The van der Waals surface area contributed by atoms with Gasteiger partial charge < -0.3 is 30.7 Å². The predicted molar refractivity (Wildman–Crippen MR) is 180 cm³/mol. The number of urea groups is 1. The molecule has 4 amide bonds. The molecule has 2 aromatic carbocycles. The molecule has 3 aromatic rings. The average molecular weight is 659 g/mol. The van der Waals surface area contributed by atoms with Gasteiger partial charge in [0, 0.05) is 67.2 Å².